The quantitative estimate of drug-likeness (QED) is 0.840. The van der Waals surface area contributed by atoms with Gasteiger partial charge in [0.1, 0.15) is 0 Å². The first kappa shape index (κ1) is 11.6. The maximum atomic E-state index is 5.89. The van der Waals surface area contributed by atoms with Crippen LogP contribution in [0.4, 0.5) is 0 Å². The van der Waals surface area contributed by atoms with Crippen molar-refractivity contribution in [3.8, 4) is 0 Å². The molecule has 1 unspecified atom stereocenters. The number of nitrogens with zero attached hydrogens (tertiary/aromatic N) is 2. The molecule has 1 fully saturated rings. The minimum Gasteiger partial charge on any atom is -0.329 e. The van der Waals surface area contributed by atoms with Gasteiger partial charge in [-0.15, -0.1) is 0 Å². The summed E-state index contributed by atoms with van der Waals surface area (Å²) in [6.45, 7) is 2.68. The van der Waals surface area contributed by atoms with Crippen LogP contribution in [0, 0.1) is 6.92 Å². The Morgan fingerprint density at radius 1 is 1.50 bits per heavy atom. The maximum Gasteiger partial charge on any atom is 0.0485 e. The van der Waals surface area contributed by atoms with Crippen molar-refractivity contribution in [2.45, 2.75) is 38.3 Å². The fourth-order valence-corrected chi connectivity index (χ4v) is 2.26. The monoisotopic (exact) mass is 219 g/mol. The van der Waals surface area contributed by atoms with Crippen molar-refractivity contribution in [1.82, 2.24) is 9.88 Å². The minimum absolute atomic E-state index is 0.318. The molecule has 1 heterocycles. The summed E-state index contributed by atoms with van der Waals surface area (Å²) < 4.78 is 0. The predicted octanol–water partition coefficient (Wildman–Crippen LogP) is 1.87. The first-order chi connectivity index (χ1) is 7.72. The molecule has 1 aliphatic carbocycles. The lowest BCUT2D eigenvalue weighted by Crippen LogP contribution is -2.42. The van der Waals surface area contributed by atoms with Gasteiger partial charge in [0.05, 0.1) is 0 Å². The van der Waals surface area contributed by atoms with Crippen LogP contribution in [0.25, 0.3) is 0 Å². The van der Waals surface area contributed by atoms with Crippen molar-refractivity contribution in [1.29, 1.82) is 0 Å². The fraction of sp³-hybridized carbons (Fsp3) is 0.615. The molecular weight excluding hydrogens is 198 g/mol. The molecule has 88 valence electrons. The largest absolute Gasteiger partial charge is 0.329 e. The lowest BCUT2D eigenvalue weighted by molar-refractivity contribution is 0.113. The van der Waals surface area contributed by atoms with E-state index in [4.69, 9.17) is 5.73 Å². The van der Waals surface area contributed by atoms with Crippen molar-refractivity contribution in [2.24, 2.45) is 5.73 Å². The maximum absolute atomic E-state index is 5.89. The second-order valence-electron chi connectivity index (χ2n) is 4.73. The third kappa shape index (κ3) is 2.25. The molecule has 0 radical (unpaired) electrons. The van der Waals surface area contributed by atoms with Gasteiger partial charge in [0.15, 0.2) is 0 Å². The highest BCUT2D eigenvalue weighted by Gasteiger charge is 2.27. The van der Waals surface area contributed by atoms with E-state index >= 15 is 0 Å². The first-order valence-electron chi connectivity index (χ1n) is 6.07. The molecule has 0 saturated heterocycles. The zero-order chi connectivity index (χ0) is 11.5. The van der Waals surface area contributed by atoms with E-state index in [0.29, 0.717) is 12.6 Å². The molecule has 1 aromatic heterocycles. The molecule has 0 spiro atoms. The molecule has 3 heteroatoms. The number of rotatable bonds is 4. The van der Waals surface area contributed by atoms with Crippen molar-refractivity contribution in [3.05, 3.63) is 29.6 Å². The SMILES string of the molecule is Cc1ccc(C(CN)N(C)C2CCC2)cn1. The van der Waals surface area contributed by atoms with Crippen molar-refractivity contribution in [3.63, 3.8) is 0 Å². The van der Waals surface area contributed by atoms with Gasteiger partial charge >= 0.3 is 0 Å². The summed E-state index contributed by atoms with van der Waals surface area (Å²) in [5.74, 6) is 0. The van der Waals surface area contributed by atoms with Gasteiger partial charge < -0.3 is 5.73 Å². The van der Waals surface area contributed by atoms with E-state index in [9.17, 15) is 0 Å². The summed E-state index contributed by atoms with van der Waals surface area (Å²) in [5, 5.41) is 0. The Morgan fingerprint density at radius 2 is 2.25 bits per heavy atom. The number of pyridine rings is 1. The molecule has 2 rings (SSSR count). The molecule has 0 aromatic carbocycles. The van der Waals surface area contributed by atoms with Crippen LogP contribution < -0.4 is 5.73 Å². The average Bonchev–Trinajstić information content (AvgIpc) is 2.19. The summed E-state index contributed by atoms with van der Waals surface area (Å²) in [6.07, 6.45) is 5.94. The number of aryl methyl sites for hydroxylation is 1. The molecule has 1 aliphatic rings. The summed E-state index contributed by atoms with van der Waals surface area (Å²) in [5.41, 5.74) is 8.19. The highest BCUT2D eigenvalue weighted by molar-refractivity contribution is 5.18. The van der Waals surface area contributed by atoms with Crippen molar-refractivity contribution in [2.75, 3.05) is 13.6 Å². The fourth-order valence-electron chi connectivity index (χ4n) is 2.26. The van der Waals surface area contributed by atoms with Gasteiger partial charge in [-0.1, -0.05) is 12.5 Å². The number of hydrogen-bond donors (Lipinski definition) is 1. The van der Waals surface area contributed by atoms with E-state index in [-0.39, 0.29) is 0 Å². The van der Waals surface area contributed by atoms with Crippen LogP contribution in [0.2, 0.25) is 0 Å². The number of nitrogens with two attached hydrogens (primary N) is 1. The predicted molar refractivity (Wildman–Crippen MR) is 66.2 cm³/mol. The van der Waals surface area contributed by atoms with Crippen LogP contribution in [0.15, 0.2) is 18.3 Å². The Kier molecular flexibility index (Phi) is 3.56. The molecule has 0 aliphatic heterocycles. The zero-order valence-corrected chi connectivity index (χ0v) is 10.2. The molecule has 2 N–H and O–H groups in total. The van der Waals surface area contributed by atoms with E-state index in [2.05, 4.69) is 29.1 Å². The second-order valence-corrected chi connectivity index (χ2v) is 4.73. The average molecular weight is 219 g/mol. The Labute approximate surface area is 97.7 Å². The minimum atomic E-state index is 0.318. The van der Waals surface area contributed by atoms with Crippen LogP contribution in [-0.4, -0.2) is 29.5 Å². The smallest absolute Gasteiger partial charge is 0.0485 e. The molecule has 1 aromatic rings. The Morgan fingerprint density at radius 3 is 2.69 bits per heavy atom. The molecular formula is C13H21N3. The van der Waals surface area contributed by atoms with E-state index < -0.39 is 0 Å². The van der Waals surface area contributed by atoms with Gasteiger partial charge in [0.25, 0.3) is 0 Å². The van der Waals surface area contributed by atoms with Gasteiger partial charge in [0, 0.05) is 30.5 Å². The zero-order valence-electron chi connectivity index (χ0n) is 10.2. The Bertz CT molecular complexity index is 330. The normalized spacial score (nSPS) is 18.5. The highest BCUT2D eigenvalue weighted by atomic mass is 15.2. The summed E-state index contributed by atoms with van der Waals surface area (Å²) in [4.78, 5) is 6.76. The summed E-state index contributed by atoms with van der Waals surface area (Å²) >= 11 is 0. The van der Waals surface area contributed by atoms with E-state index in [0.717, 1.165) is 11.7 Å². The van der Waals surface area contributed by atoms with Crippen LogP contribution in [0.5, 0.6) is 0 Å². The highest BCUT2D eigenvalue weighted by Crippen LogP contribution is 2.30. The molecule has 16 heavy (non-hydrogen) atoms. The standard InChI is InChI=1S/C13H21N3/c1-10-6-7-11(9-15-10)13(8-14)16(2)12-4-3-5-12/h6-7,9,12-13H,3-5,8,14H2,1-2H3. The lowest BCUT2D eigenvalue weighted by Gasteiger charge is -2.39. The third-order valence-corrected chi connectivity index (χ3v) is 3.68. The van der Waals surface area contributed by atoms with Crippen LogP contribution in [0.1, 0.15) is 36.6 Å². The first-order valence-corrected chi connectivity index (χ1v) is 6.07. The van der Waals surface area contributed by atoms with Crippen molar-refractivity contribution >= 4 is 0 Å². The number of hydrogen-bond acceptors (Lipinski definition) is 3. The van der Waals surface area contributed by atoms with Crippen LogP contribution >= 0.6 is 0 Å². The van der Waals surface area contributed by atoms with Crippen molar-refractivity contribution < 1.29 is 0 Å². The third-order valence-electron chi connectivity index (χ3n) is 3.68. The summed E-state index contributed by atoms with van der Waals surface area (Å²) in [6, 6.07) is 5.25. The van der Waals surface area contributed by atoms with Gasteiger partial charge in [-0.3, -0.25) is 9.88 Å². The molecule has 1 atom stereocenters. The van der Waals surface area contributed by atoms with Crippen LogP contribution in [0.3, 0.4) is 0 Å². The van der Waals surface area contributed by atoms with E-state index in [1.54, 1.807) is 0 Å². The van der Waals surface area contributed by atoms with Gasteiger partial charge in [-0.05, 0) is 38.4 Å². The Hall–Kier alpha value is -0.930. The molecule has 3 nitrogen and oxygen atoms in total. The second kappa shape index (κ2) is 4.93. The van der Waals surface area contributed by atoms with E-state index in [1.165, 1.54) is 24.8 Å². The van der Waals surface area contributed by atoms with Gasteiger partial charge in [0.2, 0.25) is 0 Å². The Balaban J connectivity index is 2.11. The summed E-state index contributed by atoms with van der Waals surface area (Å²) in [7, 11) is 2.18. The molecule has 1 saturated carbocycles. The molecule has 0 amide bonds. The van der Waals surface area contributed by atoms with Crippen LogP contribution in [-0.2, 0) is 0 Å². The topological polar surface area (TPSA) is 42.1 Å². The number of likely N-dealkylation sites (N-methyl/N-ethyl adjacent to an activating group) is 1. The van der Waals surface area contributed by atoms with E-state index in [1.807, 2.05) is 13.1 Å². The van der Waals surface area contributed by atoms with Gasteiger partial charge in [-0.2, -0.15) is 0 Å². The molecule has 0 bridgehead atoms. The number of aromatic nitrogens is 1. The van der Waals surface area contributed by atoms with Gasteiger partial charge in [-0.25, -0.2) is 0 Å². The lowest BCUT2D eigenvalue weighted by atomic mass is 9.90.